The zero-order chi connectivity index (χ0) is 13.5. The van der Waals surface area contributed by atoms with Crippen molar-refractivity contribution in [2.24, 2.45) is 11.8 Å². The first-order valence-electron chi connectivity index (χ1n) is 6.76. The van der Waals surface area contributed by atoms with Crippen molar-refractivity contribution in [3.63, 3.8) is 0 Å². The van der Waals surface area contributed by atoms with Crippen molar-refractivity contribution < 1.29 is 19.1 Å². The molecule has 2 heterocycles. The third kappa shape index (κ3) is 1.18. The molecule has 0 amide bonds. The minimum absolute atomic E-state index is 0.0255. The fraction of sp³-hybridized carbons (Fsp3) is 0.600. The maximum absolute atomic E-state index is 12.4. The van der Waals surface area contributed by atoms with Crippen LogP contribution in [0.2, 0.25) is 0 Å². The molecule has 4 aliphatic rings. The van der Waals surface area contributed by atoms with E-state index in [-0.39, 0.29) is 35.8 Å². The average Bonchev–Trinajstić information content (AvgIpc) is 2.94. The molecule has 2 aliphatic carbocycles. The smallest absolute Gasteiger partial charge is 0.334 e. The van der Waals surface area contributed by atoms with Crippen LogP contribution in [0.5, 0.6) is 0 Å². The SMILES string of the molecule is C=C1C(=O)O[C@H]2C3C(=C(C)CC[C@@H]12)C(=O)[C@@H]1O[C@]31C. The lowest BCUT2D eigenvalue weighted by molar-refractivity contribution is -0.142. The summed E-state index contributed by atoms with van der Waals surface area (Å²) in [4.78, 5) is 24.1. The number of allylic oxidation sites excluding steroid dienone is 1. The van der Waals surface area contributed by atoms with Crippen molar-refractivity contribution in [2.45, 2.75) is 44.5 Å². The van der Waals surface area contributed by atoms with E-state index >= 15 is 0 Å². The Morgan fingerprint density at radius 1 is 1.37 bits per heavy atom. The number of carbonyl (C=O) groups excluding carboxylic acids is 2. The number of carbonyl (C=O) groups is 2. The molecule has 4 nitrogen and oxygen atoms in total. The van der Waals surface area contributed by atoms with Gasteiger partial charge in [0.1, 0.15) is 11.7 Å². The molecule has 5 atom stereocenters. The summed E-state index contributed by atoms with van der Waals surface area (Å²) in [5, 5.41) is 0. The van der Waals surface area contributed by atoms with Crippen LogP contribution in [0, 0.1) is 11.8 Å². The van der Waals surface area contributed by atoms with Crippen LogP contribution in [0.3, 0.4) is 0 Å². The predicted molar refractivity (Wildman–Crippen MR) is 66.2 cm³/mol. The summed E-state index contributed by atoms with van der Waals surface area (Å²) in [5.41, 5.74) is 2.07. The summed E-state index contributed by atoms with van der Waals surface area (Å²) < 4.78 is 11.1. The highest BCUT2D eigenvalue weighted by Crippen LogP contribution is 2.60. The molecule has 0 bridgehead atoms. The minimum atomic E-state index is -0.466. The maximum atomic E-state index is 12.4. The van der Waals surface area contributed by atoms with Gasteiger partial charge in [-0.05, 0) is 26.7 Å². The second-order valence-electron chi connectivity index (χ2n) is 6.26. The summed E-state index contributed by atoms with van der Waals surface area (Å²) in [6.45, 7) is 7.83. The van der Waals surface area contributed by atoms with Crippen LogP contribution in [-0.4, -0.2) is 29.6 Å². The van der Waals surface area contributed by atoms with Crippen molar-refractivity contribution in [1.29, 1.82) is 0 Å². The minimum Gasteiger partial charge on any atom is -0.458 e. The standard InChI is InChI=1S/C15H16O4/c1-6-4-5-8-7(2)14(17)18-12(8)10-9(6)11(16)13-15(10,3)19-13/h8,10,12-13H,2,4-5H2,1,3H3/t8-,10?,12+,13-,15+/m0/s1. The third-order valence-corrected chi connectivity index (χ3v) is 5.24. The Balaban J connectivity index is 1.86. The highest BCUT2D eigenvalue weighted by atomic mass is 16.6. The lowest BCUT2D eigenvalue weighted by Gasteiger charge is -2.26. The highest BCUT2D eigenvalue weighted by molar-refractivity contribution is 6.07. The number of hydrogen-bond donors (Lipinski definition) is 0. The molecule has 3 fully saturated rings. The molecule has 0 radical (unpaired) electrons. The molecular weight excluding hydrogens is 244 g/mol. The van der Waals surface area contributed by atoms with Gasteiger partial charge in [-0.2, -0.15) is 0 Å². The summed E-state index contributed by atoms with van der Waals surface area (Å²) >= 11 is 0. The topological polar surface area (TPSA) is 55.9 Å². The molecule has 4 rings (SSSR count). The first-order chi connectivity index (χ1) is 8.95. The third-order valence-electron chi connectivity index (χ3n) is 5.24. The van der Waals surface area contributed by atoms with Crippen LogP contribution in [0.4, 0.5) is 0 Å². The van der Waals surface area contributed by atoms with Crippen LogP contribution in [-0.2, 0) is 19.1 Å². The van der Waals surface area contributed by atoms with Crippen LogP contribution >= 0.6 is 0 Å². The second-order valence-corrected chi connectivity index (χ2v) is 6.26. The number of ether oxygens (including phenoxy) is 2. The van der Waals surface area contributed by atoms with Crippen molar-refractivity contribution >= 4 is 11.8 Å². The normalized spacial score (nSPS) is 47.6. The van der Waals surface area contributed by atoms with Gasteiger partial charge in [-0.25, -0.2) is 4.79 Å². The summed E-state index contributed by atoms with van der Waals surface area (Å²) in [6.07, 6.45) is 1.06. The van der Waals surface area contributed by atoms with Gasteiger partial charge in [-0.3, -0.25) is 4.79 Å². The molecule has 19 heavy (non-hydrogen) atoms. The Kier molecular flexibility index (Phi) is 1.91. The summed E-state index contributed by atoms with van der Waals surface area (Å²) in [5.74, 6) is -0.300. The van der Waals surface area contributed by atoms with Gasteiger partial charge in [0.05, 0.1) is 5.92 Å². The average molecular weight is 260 g/mol. The molecule has 2 aliphatic heterocycles. The molecule has 2 saturated heterocycles. The number of hydrogen-bond acceptors (Lipinski definition) is 4. The Hall–Kier alpha value is -1.42. The van der Waals surface area contributed by atoms with E-state index in [2.05, 4.69) is 6.58 Å². The largest absolute Gasteiger partial charge is 0.458 e. The van der Waals surface area contributed by atoms with Crippen molar-refractivity contribution in [1.82, 2.24) is 0 Å². The molecule has 0 spiro atoms. The number of Topliss-reactive ketones (excluding diaryl/α,β-unsaturated/α-hetero) is 1. The Bertz CT molecular complexity index is 573. The van der Waals surface area contributed by atoms with Crippen LogP contribution < -0.4 is 0 Å². The van der Waals surface area contributed by atoms with E-state index in [4.69, 9.17) is 9.47 Å². The van der Waals surface area contributed by atoms with E-state index in [1.165, 1.54) is 0 Å². The Morgan fingerprint density at radius 3 is 2.84 bits per heavy atom. The number of esters is 1. The van der Waals surface area contributed by atoms with Gasteiger partial charge < -0.3 is 9.47 Å². The molecule has 0 aromatic rings. The van der Waals surface area contributed by atoms with Gasteiger partial charge in [0.25, 0.3) is 0 Å². The predicted octanol–water partition coefficient (Wildman–Crippen LogP) is 1.55. The Morgan fingerprint density at radius 2 is 2.11 bits per heavy atom. The molecule has 0 aromatic carbocycles. The van der Waals surface area contributed by atoms with Crippen LogP contribution in [0.15, 0.2) is 23.3 Å². The van der Waals surface area contributed by atoms with E-state index in [0.29, 0.717) is 5.57 Å². The van der Waals surface area contributed by atoms with Gasteiger partial charge in [0.15, 0.2) is 11.9 Å². The number of rotatable bonds is 0. The quantitative estimate of drug-likeness (QED) is 0.377. The number of ketones is 1. The molecular formula is C15H16O4. The van der Waals surface area contributed by atoms with Crippen LogP contribution in [0.25, 0.3) is 0 Å². The number of epoxide rings is 1. The van der Waals surface area contributed by atoms with Gasteiger partial charge in [-0.1, -0.05) is 12.2 Å². The maximum Gasteiger partial charge on any atom is 0.334 e. The van der Waals surface area contributed by atoms with Crippen molar-refractivity contribution in [2.75, 3.05) is 0 Å². The second kappa shape index (κ2) is 3.18. The van der Waals surface area contributed by atoms with Gasteiger partial charge in [0, 0.05) is 17.1 Å². The van der Waals surface area contributed by atoms with E-state index in [0.717, 1.165) is 24.0 Å². The lowest BCUT2D eigenvalue weighted by atomic mass is 9.81. The fourth-order valence-electron chi connectivity index (χ4n) is 4.09. The van der Waals surface area contributed by atoms with Gasteiger partial charge in [-0.15, -0.1) is 0 Å². The zero-order valence-corrected chi connectivity index (χ0v) is 11.1. The molecule has 0 N–H and O–H groups in total. The van der Waals surface area contributed by atoms with Crippen molar-refractivity contribution in [3.8, 4) is 0 Å². The first kappa shape index (κ1) is 11.4. The number of fused-ring (bicyclic) bond motifs is 5. The zero-order valence-electron chi connectivity index (χ0n) is 11.1. The van der Waals surface area contributed by atoms with E-state index in [9.17, 15) is 9.59 Å². The molecule has 1 unspecified atom stereocenters. The summed E-state index contributed by atoms with van der Waals surface area (Å²) in [6, 6.07) is 0. The van der Waals surface area contributed by atoms with E-state index in [1.807, 2.05) is 13.8 Å². The Labute approximate surface area is 111 Å². The van der Waals surface area contributed by atoms with Crippen molar-refractivity contribution in [3.05, 3.63) is 23.3 Å². The summed E-state index contributed by atoms with van der Waals surface area (Å²) in [7, 11) is 0. The van der Waals surface area contributed by atoms with E-state index < -0.39 is 5.60 Å². The van der Waals surface area contributed by atoms with Crippen LogP contribution in [0.1, 0.15) is 26.7 Å². The lowest BCUT2D eigenvalue weighted by Crippen LogP contribution is -2.35. The molecule has 1 saturated carbocycles. The molecule has 0 aromatic heterocycles. The highest BCUT2D eigenvalue weighted by Gasteiger charge is 2.73. The molecule has 100 valence electrons. The van der Waals surface area contributed by atoms with E-state index in [1.54, 1.807) is 0 Å². The van der Waals surface area contributed by atoms with Gasteiger partial charge in [0.2, 0.25) is 0 Å². The van der Waals surface area contributed by atoms with Gasteiger partial charge >= 0.3 is 5.97 Å². The monoisotopic (exact) mass is 260 g/mol. The fourth-order valence-corrected chi connectivity index (χ4v) is 4.09. The molecule has 4 heteroatoms. The first-order valence-corrected chi connectivity index (χ1v) is 6.76.